The maximum Gasteiger partial charge on any atom is 0.0317 e. The van der Waals surface area contributed by atoms with Gasteiger partial charge in [0, 0.05) is 29.8 Å². The number of nitrogen functional groups attached to an aromatic ring is 1. The summed E-state index contributed by atoms with van der Waals surface area (Å²) in [6, 6.07) is 14.6. The molecule has 1 aliphatic rings. The first-order chi connectivity index (χ1) is 8.72. The Morgan fingerprint density at radius 1 is 1.06 bits per heavy atom. The fourth-order valence-corrected chi connectivity index (χ4v) is 2.87. The highest BCUT2D eigenvalue weighted by Gasteiger charge is 2.19. The summed E-state index contributed by atoms with van der Waals surface area (Å²) in [6.45, 7) is 2.97. The van der Waals surface area contributed by atoms with E-state index in [-0.39, 0.29) is 0 Å². The van der Waals surface area contributed by atoms with Gasteiger partial charge in [-0.3, -0.25) is 4.90 Å². The molecule has 18 heavy (non-hydrogen) atoms. The average Bonchev–Trinajstić information content (AvgIpc) is 2.73. The Morgan fingerprint density at radius 2 is 1.83 bits per heavy atom. The molecule has 2 nitrogen and oxygen atoms in total. The minimum atomic E-state index is 0.858. The smallest absolute Gasteiger partial charge is 0.0317 e. The van der Waals surface area contributed by atoms with Crippen LogP contribution in [0.1, 0.15) is 16.7 Å². The van der Waals surface area contributed by atoms with Crippen LogP contribution >= 0.6 is 15.9 Å². The Bertz CT molecular complexity index is 580. The first-order valence-corrected chi connectivity index (χ1v) is 6.85. The van der Waals surface area contributed by atoms with Gasteiger partial charge in [-0.25, -0.2) is 0 Å². The van der Waals surface area contributed by atoms with Crippen LogP contribution in [-0.2, 0) is 19.6 Å². The lowest BCUT2D eigenvalue weighted by atomic mass is 10.1. The van der Waals surface area contributed by atoms with E-state index in [1.807, 2.05) is 12.1 Å². The molecule has 2 aromatic carbocycles. The van der Waals surface area contributed by atoms with E-state index in [2.05, 4.69) is 51.2 Å². The number of halogens is 1. The van der Waals surface area contributed by atoms with Gasteiger partial charge in [-0.15, -0.1) is 0 Å². The number of nitrogens with two attached hydrogens (primary N) is 1. The number of benzene rings is 2. The molecule has 0 spiro atoms. The van der Waals surface area contributed by atoms with Crippen LogP contribution in [0.25, 0.3) is 0 Å². The average molecular weight is 303 g/mol. The molecule has 92 valence electrons. The van der Waals surface area contributed by atoms with Gasteiger partial charge in [0.15, 0.2) is 0 Å². The molecule has 0 saturated carbocycles. The Balaban J connectivity index is 1.77. The highest BCUT2D eigenvalue weighted by molar-refractivity contribution is 9.10. The van der Waals surface area contributed by atoms with Crippen molar-refractivity contribution in [2.75, 3.05) is 5.73 Å². The van der Waals surface area contributed by atoms with Crippen LogP contribution in [0.4, 0.5) is 5.69 Å². The Hall–Kier alpha value is -1.32. The first kappa shape index (κ1) is 11.8. The molecule has 0 unspecified atom stereocenters. The normalized spacial score (nSPS) is 14.7. The van der Waals surface area contributed by atoms with Crippen LogP contribution in [0.3, 0.4) is 0 Å². The molecule has 2 aromatic rings. The van der Waals surface area contributed by atoms with E-state index in [1.165, 1.54) is 21.2 Å². The van der Waals surface area contributed by atoms with Gasteiger partial charge in [-0.05, 0) is 34.9 Å². The van der Waals surface area contributed by atoms with Crippen molar-refractivity contribution in [1.29, 1.82) is 0 Å². The molecule has 0 amide bonds. The highest BCUT2D eigenvalue weighted by Crippen LogP contribution is 2.27. The summed E-state index contributed by atoms with van der Waals surface area (Å²) < 4.78 is 1.18. The van der Waals surface area contributed by atoms with Crippen molar-refractivity contribution in [3.8, 4) is 0 Å². The van der Waals surface area contributed by atoms with E-state index in [0.717, 1.165) is 25.3 Å². The van der Waals surface area contributed by atoms with Crippen LogP contribution in [0.5, 0.6) is 0 Å². The number of hydrogen-bond acceptors (Lipinski definition) is 2. The van der Waals surface area contributed by atoms with Crippen molar-refractivity contribution >= 4 is 21.6 Å². The third kappa shape index (κ3) is 2.28. The van der Waals surface area contributed by atoms with Gasteiger partial charge in [-0.1, -0.05) is 40.2 Å². The van der Waals surface area contributed by atoms with E-state index in [4.69, 9.17) is 5.73 Å². The lowest BCUT2D eigenvalue weighted by Gasteiger charge is -2.15. The zero-order chi connectivity index (χ0) is 12.5. The van der Waals surface area contributed by atoms with Crippen LogP contribution < -0.4 is 5.73 Å². The second-order valence-corrected chi connectivity index (χ2v) is 5.62. The van der Waals surface area contributed by atoms with E-state index in [0.29, 0.717) is 0 Å². The Morgan fingerprint density at radius 3 is 2.67 bits per heavy atom. The van der Waals surface area contributed by atoms with Gasteiger partial charge < -0.3 is 5.73 Å². The van der Waals surface area contributed by atoms with Gasteiger partial charge in [0.2, 0.25) is 0 Å². The van der Waals surface area contributed by atoms with Gasteiger partial charge in [0.1, 0.15) is 0 Å². The van der Waals surface area contributed by atoms with Gasteiger partial charge >= 0.3 is 0 Å². The van der Waals surface area contributed by atoms with Crippen LogP contribution in [0.15, 0.2) is 46.9 Å². The Labute approximate surface area is 116 Å². The summed E-state index contributed by atoms with van der Waals surface area (Å²) in [5.41, 5.74) is 10.8. The molecule has 0 saturated heterocycles. The number of nitrogens with zero attached hydrogens (tertiary/aromatic N) is 1. The largest absolute Gasteiger partial charge is 0.399 e. The third-order valence-electron chi connectivity index (χ3n) is 3.37. The molecular weight excluding hydrogens is 288 g/mol. The molecule has 0 aliphatic carbocycles. The van der Waals surface area contributed by atoms with E-state index in [1.54, 1.807) is 0 Å². The van der Waals surface area contributed by atoms with E-state index in [9.17, 15) is 0 Å². The molecule has 0 radical (unpaired) electrons. The van der Waals surface area contributed by atoms with Crippen molar-refractivity contribution in [3.05, 3.63) is 63.6 Å². The van der Waals surface area contributed by atoms with Gasteiger partial charge in [0.25, 0.3) is 0 Å². The predicted octanol–water partition coefficient (Wildman–Crippen LogP) is 3.55. The first-order valence-electron chi connectivity index (χ1n) is 6.05. The standard InChI is InChI=1S/C15H15BrN2/c16-15-4-2-1-3-12(15)9-18-8-11-5-6-14(17)7-13(11)10-18/h1-7H,8-10,17H2. The number of anilines is 1. The van der Waals surface area contributed by atoms with Crippen molar-refractivity contribution in [1.82, 2.24) is 4.90 Å². The lowest BCUT2D eigenvalue weighted by molar-refractivity contribution is 0.275. The second-order valence-electron chi connectivity index (χ2n) is 4.76. The van der Waals surface area contributed by atoms with Crippen molar-refractivity contribution in [2.24, 2.45) is 0 Å². The van der Waals surface area contributed by atoms with Crippen molar-refractivity contribution < 1.29 is 0 Å². The number of fused-ring (bicyclic) bond motifs is 1. The molecule has 0 fully saturated rings. The maximum atomic E-state index is 5.83. The molecule has 0 atom stereocenters. The summed E-state index contributed by atoms with van der Waals surface area (Å²) in [5.74, 6) is 0. The molecule has 1 aliphatic heterocycles. The minimum Gasteiger partial charge on any atom is -0.399 e. The SMILES string of the molecule is Nc1ccc2c(c1)CN(Cc1ccccc1Br)C2. The summed E-state index contributed by atoms with van der Waals surface area (Å²) in [6.07, 6.45) is 0. The van der Waals surface area contributed by atoms with Gasteiger partial charge in [0.05, 0.1) is 0 Å². The maximum absolute atomic E-state index is 5.83. The van der Waals surface area contributed by atoms with Gasteiger partial charge in [-0.2, -0.15) is 0 Å². The molecule has 3 rings (SSSR count). The van der Waals surface area contributed by atoms with Crippen LogP contribution in [-0.4, -0.2) is 4.90 Å². The van der Waals surface area contributed by atoms with E-state index >= 15 is 0 Å². The molecule has 1 heterocycles. The predicted molar refractivity (Wildman–Crippen MR) is 77.9 cm³/mol. The number of rotatable bonds is 2. The summed E-state index contributed by atoms with van der Waals surface area (Å²) in [7, 11) is 0. The van der Waals surface area contributed by atoms with Crippen molar-refractivity contribution in [3.63, 3.8) is 0 Å². The van der Waals surface area contributed by atoms with Crippen LogP contribution in [0.2, 0.25) is 0 Å². The lowest BCUT2D eigenvalue weighted by Crippen LogP contribution is -2.15. The second kappa shape index (κ2) is 4.75. The molecular formula is C15H15BrN2. The zero-order valence-electron chi connectivity index (χ0n) is 10.1. The monoisotopic (exact) mass is 302 g/mol. The van der Waals surface area contributed by atoms with Crippen molar-refractivity contribution in [2.45, 2.75) is 19.6 Å². The molecule has 0 aromatic heterocycles. The fourth-order valence-electron chi connectivity index (χ4n) is 2.46. The summed E-state index contributed by atoms with van der Waals surface area (Å²) in [4.78, 5) is 2.43. The zero-order valence-corrected chi connectivity index (χ0v) is 11.7. The molecule has 2 N–H and O–H groups in total. The van der Waals surface area contributed by atoms with E-state index < -0.39 is 0 Å². The third-order valence-corrected chi connectivity index (χ3v) is 4.14. The minimum absolute atomic E-state index is 0.858. The fraction of sp³-hybridized carbons (Fsp3) is 0.200. The number of hydrogen-bond donors (Lipinski definition) is 1. The topological polar surface area (TPSA) is 29.3 Å². The highest BCUT2D eigenvalue weighted by atomic mass is 79.9. The summed E-state index contributed by atoms with van der Waals surface area (Å²) in [5, 5.41) is 0. The Kier molecular flexibility index (Phi) is 3.10. The molecule has 0 bridgehead atoms. The summed E-state index contributed by atoms with van der Waals surface area (Å²) >= 11 is 3.60. The quantitative estimate of drug-likeness (QED) is 0.860. The van der Waals surface area contributed by atoms with Crippen LogP contribution in [0, 0.1) is 0 Å². The molecule has 3 heteroatoms.